The SMILES string of the molecule is O=C(O)[C@H]1C[C@@H](O)CCN1Cc1c(Cl)cncc1Cl. The van der Waals surface area contributed by atoms with Crippen LogP contribution in [0.25, 0.3) is 0 Å². The summed E-state index contributed by atoms with van der Waals surface area (Å²) in [6.45, 7) is 0.830. The van der Waals surface area contributed by atoms with Gasteiger partial charge in [0.2, 0.25) is 0 Å². The van der Waals surface area contributed by atoms with Crippen LogP contribution < -0.4 is 0 Å². The first-order chi connectivity index (χ1) is 8.99. The normalized spacial score (nSPS) is 24.4. The Morgan fingerprint density at radius 2 is 2.05 bits per heavy atom. The van der Waals surface area contributed by atoms with Gasteiger partial charge in [-0.15, -0.1) is 0 Å². The third-order valence-electron chi connectivity index (χ3n) is 3.28. The molecule has 104 valence electrons. The zero-order chi connectivity index (χ0) is 14.0. The largest absolute Gasteiger partial charge is 0.480 e. The number of likely N-dealkylation sites (tertiary alicyclic amines) is 1. The van der Waals surface area contributed by atoms with E-state index < -0.39 is 18.1 Å². The van der Waals surface area contributed by atoms with Gasteiger partial charge in [0.05, 0.1) is 16.1 Å². The van der Waals surface area contributed by atoms with Crippen LogP contribution in [0, 0.1) is 0 Å². The number of aliphatic carboxylic acids is 1. The first-order valence-electron chi connectivity index (χ1n) is 5.92. The third kappa shape index (κ3) is 3.36. The fraction of sp³-hybridized carbons (Fsp3) is 0.500. The minimum atomic E-state index is -0.944. The number of nitrogens with zero attached hydrogens (tertiary/aromatic N) is 2. The number of piperidine rings is 1. The molecule has 0 radical (unpaired) electrons. The highest BCUT2D eigenvalue weighted by molar-refractivity contribution is 6.35. The number of aliphatic hydroxyl groups is 1. The summed E-state index contributed by atoms with van der Waals surface area (Å²) in [5, 5.41) is 19.6. The van der Waals surface area contributed by atoms with E-state index in [9.17, 15) is 15.0 Å². The molecule has 1 saturated heterocycles. The molecule has 1 aliphatic heterocycles. The fourth-order valence-corrected chi connectivity index (χ4v) is 2.72. The predicted octanol–water partition coefficient (Wildman–Crippen LogP) is 1.80. The number of halogens is 2. The second-order valence-corrected chi connectivity index (χ2v) is 5.40. The molecular weight excluding hydrogens is 291 g/mol. The molecule has 2 heterocycles. The van der Waals surface area contributed by atoms with Crippen LogP contribution >= 0.6 is 23.2 Å². The van der Waals surface area contributed by atoms with Crippen molar-refractivity contribution in [3.05, 3.63) is 28.0 Å². The molecule has 1 aromatic rings. The maximum absolute atomic E-state index is 11.2. The molecule has 7 heteroatoms. The van der Waals surface area contributed by atoms with Gasteiger partial charge in [-0.05, 0) is 12.8 Å². The van der Waals surface area contributed by atoms with Crippen LogP contribution in [-0.4, -0.2) is 44.8 Å². The number of aromatic nitrogens is 1. The highest BCUT2D eigenvalue weighted by atomic mass is 35.5. The molecule has 2 N–H and O–H groups in total. The van der Waals surface area contributed by atoms with Crippen molar-refractivity contribution in [2.24, 2.45) is 0 Å². The Labute approximate surface area is 120 Å². The number of carboxylic acids is 1. The lowest BCUT2D eigenvalue weighted by Crippen LogP contribution is -2.48. The minimum Gasteiger partial charge on any atom is -0.480 e. The number of aliphatic hydroxyl groups excluding tert-OH is 1. The predicted molar refractivity (Wildman–Crippen MR) is 71.3 cm³/mol. The molecule has 5 nitrogen and oxygen atoms in total. The number of rotatable bonds is 3. The Morgan fingerprint density at radius 1 is 1.42 bits per heavy atom. The minimum absolute atomic E-state index is 0.218. The summed E-state index contributed by atoms with van der Waals surface area (Å²) in [7, 11) is 0. The summed E-state index contributed by atoms with van der Waals surface area (Å²) in [6.07, 6.45) is 3.16. The van der Waals surface area contributed by atoms with Crippen molar-refractivity contribution < 1.29 is 15.0 Å². The molecule has 0 bridgehead atoms. The molecule has 1 aromatic heterocycles. The molecule has 0 aliphatic carbocycles. The molecule has 0 aromatic carbocycles. The summed E-state index contributed by atoms with van der Waals surface area (Å²) < 4.78 is 0. The smallest absolute Gasteiger partial charge is 0.321 e. The van der Waals surface area contributed by atoms with E-state index in [1.807, 2.05) is 0 Å². The maximum atomic E-state index is 11.2. The number of carbonyl (C=O) groups is 1. The topological polar surface area (TPSA) is 73.7 Å². The molecule has 0 unspecified atom stereocenters. The molecule has 2 rings (SSSR count). The van der Waals surface area contributed by atoms with Crippen LogP contribution in [0.3, 0.4) is 0 Å². The molecule has 19 heavy (non-hydrogen) atoms. The van der Waals surface area contributed by atoms with Gasteiger partial charge in [0.1, 0.15) is 6.04 Å². The van der Waals surface area contributed by atoms with E-state index >= 15 is 0 Å². The molecular formula is C12H14Cl2N2O3. The summed E-state index contributed by atoms with van der Waals surface area (Å²) in [6, 6.07) is -0.718. The van der Waals surface area contributed by atoms with Gasteiger partial charge in [0, 0.05) is 31.0 Å². The van der Waals surface area contributed by atoms with Crippen molar-refractivity contribution in [2.45, 2.75) is 31.5 Å². The van der Waals surface area contributed by atoms with E-state index in [-0.39, 0.29) is 6.42 Å². The number of pyridine rings is 1. The zero-order valence-corrected chi connectivity index (χ0v) is 11.6. The Bertz CT molecular complexity index is 464. The third-order valence-corrected chi connectivity index (χ3v) is 3.94. The lowest BCUT2D eigenvalue weighted by molar-refractivity contribution is -0.146. The van der Waals surface area contributed by atoms with Crippen LogP contribution in [0.15, 0.2) is 12.4 Å². The van der Waals surface area contributed by atoms with Gasteiger partial charge in [-0.2, -0.15) is 0 Å². The van der Waals surface area contributed by atoms with Crippen molar-refractivity contribution in [3.63, 3.8) is 0 Å². The Hall–Kier alpha value is -0.880. The lowest BCUT2D eigenvalue weighted by Gasteiger charge is -2.35. The number of hydrogen-bond donors (Lipinski definition) is 2. The van der Waals surface area contributed by atoms with Crippen LogP contribution in [0.4, 0.5) is 0 Å². The molecule has 1 aliphatic rings. The van der Waals surface area contributed by atoms with Crippen LogP contribution in [0.1, 0.15) is 18.4 Å². The van der Waals surface area contributed by atoms with Gasteiger partial charge in [0.15, 0.2) is 0 Å². The van der Waals surface area contributed by atoms with Gasteiger partial charge in [0.25, 0.3) is 0 Å². The molecule has 1 fully saturated rings. The van der Waals surface area contributed by atoms with Crippen molar-refractivity contribution in [1.29, 1.82) is 0 Å². The van der Waals surface area contributed by atoms with Crippen LogP contribution in [-0.2, 0) is 11.3 Å². The number of carboxylic acid groups (broad SMARTS) is 1. The van der Waals surface area contributed by atoms with E-state index in [1.54, 1.807) is 4.90 Å². The summed E-state index contributed by atoms with van der Waals surface area (Å²) >= 11 is 12.1. The monoisotopic (exact) mass is 304 g/mol. The van der Waals surface area contributed by atoms with Crippen LogP contribution in [0.5, 0.6) is 0 Å². The van der Waals surface area contributed by atoms with E-state index in [1.165, 1.54) is 12.4 Å². The van der Waals surface area contributed by atoms with Crippen molar-refractivity contribution in [3.8, 4) is 0 Å². The standard InChI is InChI=1S/C12H14Cl2N2O3/c13-9-4-15-5-10(14)8(9)6-16-2-1-7(17)3-11(16)12(18)19/h4-5,7,11,17H,1-3,6H2,(H,18,19)/t7-,11+/m0/s1. The molecule has 0 amide bonds. The quantitative estimate of drug-likeness (QED) is 0.891. The Kier molecular flexibility index (Phi) is 4.62. The molecule has 0 saturated carbocycles. The van der Waals surface area contributed by atoms with Crippen molar-refractivity contribution in [1.82, 2.24) is 9.88 Å². The number of hydrogen-bond acceptors (Lipinski definition) is 4. The summed E-state index contributed by atoms with van der Waals surface area (Å²) in [5.74, 6) is -0.944. The first-order valence-corrected chi connectivity index (χ1v) is 6.67. The maximum Gasteiger partial charge on any atom is 0.321 e. The fourth-order valence-electron chi connectivity index (χ4n) is 2.23. The van der Waals surface area contributed by atoms with Crippen molar-refractivity contribution in [2.75, 3.05) is 6.54 Å². The summed E-state index contributed by atoms with van der Waals surface area (Å²) in [4.78, 5) is 16.9. The second kappa shape index (κ2) is 6.05. The zero-order valence-electron chi connectivity index (χ0n) is 10.1. The van der Waals surface area contributed by atoms with E-state index in [0.717, 1.165) is 0 Å². The lowest BCUT2D eigenvalue weighted by atomic mass is 9.99. The average Bonchev–Trinajstić information content (AvgIpc) is 2.35. The molecule has 0 spiro atoms. The van der Waals surface area contributed by atoms with E-state index in [4.69, 9.17) is 23.2 Å². The van der Waals surface area contributed by atoms with Gasteiger partial charge in [-0.1, -0.05) is 23.2 Å². The average molecular weight is 305 g/mol. The van der Waals surface area contributed by atoms with Gasteiger partial charge in [-0.3, -0.25) is 14.7 Å². The summed E-state index contributed by atoms with van der Waals surface area (Å²) in [5.41, 5.74) is 0.668. The highest BCUT2D eigenvalue weighted by Crippen LogP contribution is 2.27. The van der Waals surface area contributed by atoms with Gasteiger partial charge < -0.3 is 10.2 Å². The molecule has 2 atom stereocenters. The Balaban J connectivity index is 2.19. The van der Waals surface area contributed by atoms with Gasteiger partial charge in [-0.25, -0.2) is 0 Å². The van der Waals surface area contributed by atoms with Crippen LogP contribution in [0.2, 0.25) is 10.0 Å². The van der Waals surface area contributed by atoms with Crippen molar-refractivity contribution >= 4 is 29.2 Å². The van der Waals surface area contributed by atoms with Gasteiger partial charge >= 0.3 is 5.97 Å². The second-order valence-electron chi connectivity index (χ2n) is 4.58. The van der Waals surface area contributed by atoms with E-state index in [2.05, 4.69) is 4.98 Å². The van der Waals surface area contributed by atoms with E-state index in [0.29, 0.717) is 35.1 Å². The highest BCUT2D eigenvalue weighted by Gasteiger charge is 2.33. The first kappa shape index (κ1) is 14.5. The Morgan fingerprint density at radius 3 is 2.63 bits per heavy atom.